The van der Waals surface area contributed by atoms with Crippen LogP contribution in [0.2, 0.25) is 10.0 Å². The number of aromatic nitrogens is 2. The van der Waals surface area contributed by atoms with Crippen LogP contribution in [0.15, 0.2) is 55.0 Å². The van der Waals surface area contributed by atoms with Gasteiger partial charge in [0.15, 0.2) is 5.11 Å². The minimum atomic E-state index is -0.427. The number of hydrogen-bond donors (Lipinski definition) is 2. The predicted octanol–water partition coefficient (Wildman–Crippen LogP) is 6.40. The van der Waals surface area contributed by atoms with Crippen LogP contribution < -0.4 is 10.6 Å². The Morgan fingerprint density at radius 1 is 1.19 bits per heavy atom. The lowest BCUT2D eigenvalue weighted by molar-refractivity contribution is -0.384. The highest BCUT2D eigenvalue weighted by Gasteiger charge is 2.24. The molecular weight excluding hydrogens is 595 g/mol. The van der Waals surface area contributed by atoms with E-state index in [4.69, 9.17) is 35.4 Å². The molecule has 2 aromatic carbocycles. The molecule has 1 aromatic heterocycles. The molecule has 0 bridgehead atoms. The predicted molar refractivity (Wildman–Crippen MR) is 172 cm³/mol. The highest BCUT2D eigenvalue weighted by molar-refractivity contribution is 7.80. The first-order valence-corrected chi connectivity index (χ1v) is 15.3. The summed E-state index contributed by atoms with van der Waals surface area (Å²) < 4.78 is 1.87. The minimum Gasteiger partial charge on any atom is -0.363 e. The maximum atomic E-state index is 13.4. The van der Waals surface area contributed by atoms with Gasteiger partial charge in [0.25, 0.3) is 5.69 Å². The molecule has 0 saturated carbocycles. The summed E-state index contributed by atoms with van der Waals surface area (Å²) in [4.78, 5) is 30.2. The fraction of sp³-hybridized carbons (Fsp3) is 0.433. The Bertz CT molecular complexity index is 1350. The van der Waals surface area contributed by atoms with Gasteiger partial charge in [0.1, 0.15) is 0 Å². The number of hydrogen-bond acceptors (Lipinski definition) is 5. The van der Waals surface area contributed by atoms with Crippen molar-refractivity contribution in [2.24, 2.45) is 5.92 Å². The summed E-state index contributed by atoms with van der Waals surface area (Å²) in [6.07, 6.45) is 6.37. The van der Waals surface area contributed by atoms with Crippen LogP contribution in [-0.4, -0.2) is 49.5 Å². The van der Waals surface area contributed by atoms with E-state index in [0.717, 1.165) is 42.6 Å². The molecule has 0 aliphatic heterocycles. The molecular formula is C30H38Cl2N6O3S. The first kappa shape index (κ1) is 33.3. The van der Waals surface area contributed by atoms with Gasteiger partial charge in [-0.2, -0.15) is 0 Å². The molecule has 0 aliphatic carbocycles. The number of benzene rings is 2. The van der Waals surface area contributed by atoms with Gasteiger partial charge in [0, 0.05) is 56.2 Å². The average Bonchev–Trinajstić information content (AvgIpc) is 3.40. The number of nitrogens with one attached hydrogen (secondary N) is 2. The number of thiocarbonyl (C=S) groups is 1. The lowest BCUT2D eigenvalue weighted by Gasteiger charge is -2.33. The van der Waals surface area contributed by atoms with Crippen molar-refractivity contribution in [3.05, 3.63) is 92.0 Å². The summed E-state index contributed by atoms with van der Waals surface area (Å²) >= 11 is 18.6. The zero-order valence-electron chi connectivity index (χ0n) is 24.2. The third-order valence-corrected chi connectivity index (χ3v) is 8.48. The molecule has 2 atom stereocenters. The molecule has 0 aliphatic rings. The molecule has 3 aromatic rings. The molecule has 9 nitrogen and oxygen atoms in total. The van der Waals surface area contributed by atoms with E-state index in [1.165, 1.54) is 12.1 Å². The van der Waals surface area contributed by atoms with Crippen molar-refractivity contribution in [3.8, 4) is 0 Å². The third kappa shape index (κ3) is 9.68. The van der Waals surface area contributed by atoms with Crippen molar-refractivity contribution in [1.82, 2.24) is 25.1 Å². The molecule has 226 valence electrons. The van der Waals surface area contributed by atoms with E-state index in [1.807, 2.05) is 21.6 Å². The van der Waals surface area contributed by atoms with Crippen LogP contribution in [0.1, 0.15) is 56.9 Å². The van der Waals surface area contributed by atoms with Gasteiger partial charge >= 0.3 is 0 Å². The average molecular weight is 634 g/mol. The lowest BCUT2D eigenvalue weighted by Crippen LogP contribution is -2.51. The maximum absolute atomic E-state index is 13.4. The largest absolute Gasteiger partial charge is 0.363 e. The summed E-state index contributed by atoms with van der Waals surface area (Å²) in [6, 6.07) is 11.7. The summed E-state index contributed by atoms with van der Waals surface area (Å²) in [6.45, 7) is 8.48. The molecule has 1 heterocycles. The number of imidazole rings is 1. The molecule has 0 fully saturated rings. The Morgan fingerprint density at radius 3 is 2.60 bits per heavy atom. The van der Waals surface area contributed by atoms with Gasteiger partial charge in [-0.15, -0.1) is 0 Å². The molecule has 42 heavy (non-hydrogen) atoms. The topological polar surface area (TPSA) is 105 Å². The Hall–Kier alpha value is -3.21. The van der Waals surface area contributed by atoms with Crippen molar-refractivity contribution in [2.75, 3.05) is 13.1 Å². The van der Waals surface area contributed by atoms with Crippen molar-refractivity contribution in [1.29, 1.82) is 0 Å². The van der Waals surface area contributed by atoms with E-state index < -0.39 is 4.92 Å². The fourth-order valence-corrected chi connectivity index (χ4v) is 5.07. The molecule has 3 rings (SSSR count). The molecule has 2 unspecified atom stereocenters. The molecule has 12 heteroatoms. The Kier molecular flexibility index (Phi) is 13.0. The summed E-state index contributed by atoms with van der Waals surface area (Å²) in [5.41, 5.74) is 2.50. The van der Waals surface area contributed by atoms with Crippen molar-refractivity contribution in [2.45, 2.75) is 65.6 Å². The quantitative estimate of drug-likeness (QED) is 0.0864. The second-order valence-electron chi connectivity index (χ2n) is 10.4. The maximum Gasteiger partial charge on any atom is 0.269 e. The minimum absolute atomic E-state index is 0.0341. The number of non-ortho nitro benzene ring substituents is 1. The fourth-order valence-electron chi connectivity index (χ4n) is 4.45. The number of nitrogens with zero attached hydrogens (tertiary/aromatic N) is 4. The van der Waals surface area contributed by atoms with Gasteiger partial charge < -0.3 is 20.1 Å². The molecule has 2 N–H and O–H groups in total. The van der Waals surface area contributed by atoms with E-state index in [9.17, 15) is 14.9 Å². The Balaban J connectivity index is 1.73. The van der Waals surface area contributed by atoms with Gasteiger partial charge in [-0.3, -0.25) is 14.9 Å². The number of nitro benzene ring substituents is 1. The zero-order valence-corrected chi connectivity index (χ0v) is 26.5. The highest BCUT2D eigenvalue weighted by atomic mass is 35.5. The van der Waals surface area contributed by atoms with Gasteiger partial charge in [0.05, 0.1) is 27.7 Å². The summed E-state index contributed by atoms with van der Waals surface area (Å²) in [7, 11) is 0. The van der Waals surface area contributed by atoms with Crippen LogP contribution in [0.25, 0.3) is 0 Å². The van der Waals surface area contributed by atoms with Crippen LogP contribution >= 0.6 is 35.4 Å². The van der Waals surface area contributed by atoms with Crippen molar-refractivity contribution in [3.63, 3.8) is 0 Å². The van der Waals surface area contributed by atoms with E-state index >= 15 is 0 Å². The molecule has 0 saturated heterocycles. The highest BCUT2D eigenvalue weighted by Crippen LogP contribution is 2.27. The van der Waals surface area contributed by atoms with Gasteiger partial charge in [-0.25, -0.2) is 4.98 Å². The van der Waals surface area contributed by atoms with Gasteiger partial charge in [-0.05, 0) is 41.7 Å². The third-order valence-electron chi connectivity index (χ3n) is 7.22. The standard InChI is InChI=1S/C30H38Cl2N6O3S/c1-4-6-14-34-30(42)36(18-23-8-7-9-26(31)29(23)32)19-27(21(3)5-2)35-28(39)15-25-16-33-20-37(25)17-22-10-12-24(13-11-22)38(40)41/h7-13,16,20-21,27H,4-6,14-15,17-19H2,1-3H3,(H,34,42)(H,35,39). The number of rotatable bonds is 15. The van der Waals surface area contributed by atoms with E-state index in [2.05, 4.69) is 36.4 Å². The zero-order chi connectivity index (χ0) is 30.6. The van der Waals surface area contributed by atoms with Crippen molar-refractivity contribution >= 4 is 52.1 Å². The first-order valence-electron chi connectivity index (χ1n) is 14.1. The normalized spacial score (nSPS) is 12.4. The second-order valence-corrected chi connectivity index (χ2v) is 11.5. The van der Waals surface area contributed by atoms with Gasteiger partial charge in [0.2, 0.25) is 5.91 Å². The Morgan fingerprint density at radius 2 is 1.93 bits per heavy atom. The molecule has 1 amide bonds. The first-order chi connectivity index (χ1) is 20.1. The monoisotopic (exact) mass is 632 g/mol. The second kappa shape index (κ2) is 16.4. The smallest absolute Gasteiger partial charge is 0.269 e. The molecule has 0 spiro atoms. The number of unbranched alkanes of at least 4 members (excludes halogenated alkanes) is 1. The number of amides is 1. The van der Waals surface area contributed by atoms with Crippen LogP contribution in [0.4, 0.5) is 5.69 Å². The number of carbonyl (C=O) groups is 1. The molecule has 0 radical (unpaired) electrons. The summed E-state index contributed by atoms with van der Waals surface area (Å²) in [5.74, 6) is 0.0473. The lowest BCUT2D eigenvalue weighted by atomic mass is 9.98. The van der Waals surface area contributed by atoms with Crippen LogP contribution in [-0.2, 0) is 24.3 Å². The number of carbonyl (C=O) groups excluding carboxylic acids is 1. The van der Waals surface area contributed by atoms with E-state index in [1.54, 1.807) is 30.7 Å². The SMILES string of the molecule is CCCCNC(=S)N(Cc1cccc(Cl)c1Cl)CC(NC(=O)Cc1cncn1Cc1ccc([N+](=O)[O-])cc1)C(C)CC. The van der Waals surface area contributed by atoms with Crippen LogP contribution in [0.5, 0.6) is 0 Å². The van der Waals surface area contributed by atoms with E-state index in [-0.39, 0.29) is 30.0 Å². The van der Waals surface area contributed by atoms with Gasteiger partial charge in [-0.1, -0.05) is 81.1 Å². The summed E-state index contributed by atoms with van der Waals surface area (Å²) in [5, 5.41) is 19.1. The van der Waals surface area contributed by atoms with E-state index in [0.29, 0.717) is 34.8 Å². The van der Waals surface area contributed by atoms with Crippen LogP contribution in [0.3, 0.4) is 0 Å². The van der Waals surface area contributed by atoms with Crippen molar-refractivity contribution < 1.29 is 9.72 Å². The Labute approximate surface area is 262 Å². The number of nitro groups is 1. The number of halogens is 2. The van der Waals surface area contributed by atoms with Crippen LogP contribution in [0, 0.1) is 16.0 Å².